The van der Waals surface area contributed by atoms with Gasteiger partial charge in [0, 0.05) is 0 Å². The third-order valence-electron chi connectivity index (χ3n) is 4.99. The summed E-state index contributed by atoms with van der Waals surface area (Å²) in [5.74, 6) is 4.12. The molecule has 1 aromatic rings. The van der Waals surface area contributed by atoms with Crippen LogP contribution in [-0.4, -0.2) is 7.05 Å². The lowest BCUT2D eigenvalue weighted by molar-refractivity contribution is 0.268. The lowest BCUT2D eigenvalue weighted by atomic mass is 9.83. The fraction of sp³-hybridized carbons (Fsp3) is 0.733. The van der Waals surface area contributed by atoms with Gasteiger partial charge in [0.25, 0.3) is 0 Å². The Morgan fingerprint density at radius 3 is 2.82 bits per heavy atom. The zero-order valence-electron chi connectivity index (χ0n) is 10.9. The molecule has 1 N–H and O–H groups in total. The fourth-order valence-electron chi connectivity index (χ4n) is 4.07. The van der Waals surface area contributed by atoms with Crippen LogP contribution in [0.1, 0.15) is 49.5 Å². The highest BCUT2D eigenvalue weighted by atomic mass is 16.3. The maximum atomic E-state index is 5.65. The van der Waals surface area contributed by atoms with E-state index >= 15 is 0 Å². The average Bonchev–Trinajstić information content (AvgIpc) is 3.02. The Labute approximate surface area is 104 Å². The van der Waals surface area contributed by atoms with Crippen LogP contribution in [0.25, 0.3) is 0 Å². The minimum Gasteiger partial charge on any atom is -0.467 e. The van der Waals surface area contributed by atoms with Crippen LogP contribution < -0.4 is 5.32 Å². The van der Waals surface area contributed by atoms with Crippen LogP contribution >= 0.6 is 0 Å². The summed E-state index contributed by atoms with van der Waals surface area (Å²) in [4.78, 5) is 0. The monoisotopic (exact) mass is 233 g/mol. The lowest BCUT2D eigenvalue weighted by Crippen LogP contribution is -2.22. The molecule has 0 amide bonds. The Morgan fingerprint density at radius 2 is 2.29 bits per heavy atom. The normalized spacial score (nSPS) is 33.2. The molecule has 3 rings (SSSR count). The van der Waals surface area contributed by atoms with Crippen molar-refractivity contribution in [2.45, 2.75) is 45.1 Å². The van der Waals surface area contributed by atoms with Crippen LogP contribution in [0.3, 0.4) is 0 Å². The first kappa shape index (κ1) is 11.3. The number of fused-ring (bicyclic) bond motifs is 2. The van der Waals surface area contributed by atoms with Gasteiger partial charge < -0.3 is 9.73 Å². The zero-order valence-corrected chi connectivity index (χ0v) is 10.9. The van der Waals surface area contributed by atoms with E-state index in [1.165, 1.54) is 37.7 Å². The molecule has 0 aliphatic heterocycles. The van der Waals surface area contributed by atoms with E-state index in [0.29, 0.717) is 6.04 Å². The first-order chi connectivity index (χ1) is 8.28. The second-order valence-electron chi connectivity index (χ2n) is 5.98. The van der Waals surface area contributed by atoms with Crippen molar-refractivity contribution in [2.24, 2.45) is 17.8 Å². The number of nitrogens with one attached hydrogen (secondary N) is 1. The Kier molecular flexibility index (Phi) is 2.99. The summed E-state index contributed by atoms with van der Waals surface area (Å²) < 4.78 is 5.65. The van der Waals surface area contributed by atoms with E-state index in [9.17, 15) is 0 Å². The number of aryl methyl sites for hydroxylation is 1. The third kappa shape index (κ3) is 2.03. The molecular weight excluding hydrogens is 210 g/mol. The fourth-order valence-corrected chi connectivity index (χ4v) is 4.07. The van der Waals surface area contributed by atoms with Crippen LogP contribution in [0.15, 0.2) is 16.7 Å². The van der Waals surface area contributed by atoms with Gasteiger partial charge in [-0.2, -0.15) is 0 Å². The van der Waals surface area contributed by atoms with Crippen molar-refractivity contribution < 1.29 is 4.42 Å². The molecule has 1 heterocycles. The van der Waals surface area contributed by atoms with E-state index in [1.807, 2.05) is 6.26 Å². The highest BCUT2D eigenvalue weighted by Gasteiger charge is 2.40. The van der Waals surface area contributed by atoms with Crippen LogP contribution in [0.5, 0.6) is 0 Å². The molecule has 94 valence electrons. The van der Waals surface area contributed by atoms with Crippen molar-refractivity contribution >= 4 is 0 Å². The van der Waals surface area contributed by atoms with Gasteiger partial charge in [0.2, 0.25) is 0 Å². The Hall–Kier alpha value is -0.760. The lowest BCUT2D eigenvalue weighted by Gasteiger charge is -2.25. The van der Waals surface area contributed by atoms with Crippen molar-refractivity contribution in [1.82, 2.24) is 5.32 Å². The largest absolute Gasteiger partial charge is 0.467 e. The highest BCUT2D eigenvalue weighted by molar-refractivity contribution is 5.18. The summed E-state index contributed by atoms with van der Waals surface area (Å²) in [5, 5.41) is 3.44. The quantitative estimate of drug-likeness (QED) is 0.858. The van der Waals surface area contributed by atoms with Crippen LogP contribution in [0.4, 0.5) is 0 Å². The van der Waals surface area contributed by atoms with Crippen molar-refractivity contribution in [3.8, 4) is 0 Å². The van der Waals surface area contributed by atoms with Crippen LogP contribution in [-0.2, 0) is 0 Å². The van der Waals surface area contributed by atoms with E-state index in [-0.39, 0.29) is 0 Å². The van der Waals surface area contributed by atoms with Crippen molar-refractivity contribution in [1.29, 1.82) is 0 Å². The topological polar surface area (TPSA) is 25.2 Å². The molecule has 2 fully saturated rings. The van der Waals surface area contributed by atoms with Gasteiger partial charge in [-0.15, -0.1) is 0 Å². The summed E-state index contributed by atoms with van der Waals surface area (Å²) in [6.07, 6.45) is 9.00. The maximum Gasteiger partial charge on any atom is 0.123 e. The summed E-state index contributed by atoms with van der Waals surface area (Å²) in [6, 6.07) is 2.48. The third-order valence-corrected chi connectivity index (χ3v) is 4.99. The zero-order chi connectivity index (χ0) is 11.8. The maximum absolute atomic E-state index is 5.65. The summed E-state index contributed by atoms with van der Waals surface area (Å²) in [6.45, 7) is 2.14. The predicted molar refractivity (Wildman–Crippen MR) is 68.8 cm³/mol. The molecule has 2 bridgehead atoms. The van der Waals surface area contributed by atoms with Gasteiger partial charge in [-0.05, 0) is 69.0 Å². The number of rotatable bonds is 4. The average molecular weight is 233 g/mol. The molecular formula is C15H23NO. The highest BCUT2D eigenvalue weighted by Crippen LogP contribution is 2.51. The van der Waals surface area contributed by atoms with Gasteiger partial charge in [0.1, 0.15) is 5.76 Å². The van der Waals surface area contributed by atoms with E-state index < -0.39 is 0 Å². The molecule has 2 nitrogen and oxygen atoms in total. The molecule has 4 atom stereocenters. The van der Waals surface area contributed by atoms with E-state index in [1.54, 1.807) is 0 Å². The molecule has 0 spiro atoms. The molecule has 2 heteroatoms. The number of hydrogen-bond acceptors (Lipinski definition) is 2. The first-order valence-electron chi connectivity index (χ1n) is 6.99. The molecule has 2 aliphatic carbocycles. The molecule has 2 aliphatic rings. The van der Waals surface area contributed by atoms with E-state index in [2.05, 4.69) is 25.4 Å². The Bertz CT molecular complexity index is 384. The smallest absolute Gasteiger partial charge is 0.123 e. The van der Waals surface area contributed by atoms with Crippen molar-refractivity contribution in [2.75, 3.05) is 7.05 Å². The van der Waals surface area contributed by atoms with Gasteiger partial charge in [0.05, 0.1) is 12.3 Å². The summed E-state index contributed by atoms with van der Waals surface area (Å²) in [7, 11) is 2.06. The van der Waals surface area contributed by atoms with E-state index in [4.69, 9.17) is 4.42 Å². The molecule has 1 aromatic heterocycles. The Morgan fingerprint density at radius 1 is 1.41 bits per heavy atom. The van der Waals surface area contributed by atoms with Gasteiger partial charge in [-0.25, -0.2) is 0 Å². The summed E-state index contributed by atoms with van der Waals surface area (Å²) in [5.41, 5.74) is 1.28. The van der Waals surface area contributed by atoms with Gasteiger partial charge in [0.15, 0.2) is 0 Å². The van der Waals surface area contributed by atoms with E-state index in [0.717, 1.165) is 23.5 Å². The van der Waals surface area contributed by atoms with Crippen LogP contribution in [0, 0.1) is 24.7 Å². The first-order valence-corrected chi connectivity index (χ1v) is 6.99. The molecule has 17 heavy (non-hydrogen) atoms. The standard InChI is InChI=1S/C15H23NO/c1-10-5-6-17-15(10)14(16-2)9-13-8-11-3-4-12(13)7-11/h5-6,11-14,16H,3-4,7-9H2,1-2H3. The minimum atomic E-state index is 0.411. The van der Waals surface area contributed by atoms with Gasteiger partial charge >= 0.3 is 0 Å². The minimum absolute atomic E-state index is 0.411. The number of furan rings is 1. The van der Waals surface area contributed by atoms with Gasteiger partial charge in [-0.1, -0.05) is 6.42 Å². The number of hydrogen-bond donors (Lipinski definition) is 1. The van der Waals surface area contributed by atoms with Gasteiger partial charge in [-0.3, -0.25) is 0 Å². The van der Waals surface area contributed by atoms with Crippen molar-refractivity contribution in [3.63, 3.8) is 0 Å². The molecule has 0 aromatic carbocycles. The SMILES string of the molecule is CNC(CC1CC2CCC1C2)c1occc1C. The predicted octanol–water partition coefficient (Wildman–Crippen LogP) is 3.67. The molecule has 4 unspecified atom stereocenters. The molecule has 0 saturated heterocycles. The summed E-state index contributed by atoms with van der Waals surface area (Å²) >= 11 is 0. The Balaban J connectivity index is 1.69. The van der Waals surface area contributed by atoms with Crippen LogP contribution in [0.2, 0.25) is 0 Å². The van der Waals surface area contributed by atoms with Crippen molar-refractivity contribution in [3.05, 3.63) is 23.7 Å². The molecule has 0 radical (unpaired) electrons. The molecule has 2 saturated carbocycles. The second-order valence-corrected chi connectivity index (χ2v) is 5.98. The second kappa shape index (κ2) is 4.49.